The second-order valence-corrected chi connectivity index (χ2v) is 6.24. The van der Waals surface area contributed by atoms with E-state index in [2.05, 4.69) is 17.6 Å². The molecule has 136 valence electrons. The van der Waals surface area contributed by atoms with Crippen LogP contribution in [0, 0.1) is 5.82 Å². The quantitative estimate of drug-likeness (QED) is 0.837. The molecule has 1 atom stereocenters. The highest BCUT2D eigenvalue weighted by Crippen LogP contribution is 2.23. The number of amides is 3. The summed E-state index contributed by atoms with van der Waals surface area (Å²) in [6.07, 6.45) is 0.931. The van der Waals surface area contributed by atoms with Gasteiger partial charge in [-0.25, -0.2) is 9.18 Å². The highest BCUT2D eigenvalue weighted by molar-refractivity contribution is 5.96. The van der Waals surface area contributed by atoms with Crippen LogP contribution in [0.5, 0.6) is 0 Å². The maximum atomic E-state index is 13.7. The molecule has 0 radical (unpaired) electrons. The van der Waals surface area contributed by atoms with Crippen molar-refractivity contribution in [3.05, 3.63) is 71.0 Å². The van der Waals surface area contributed by atoms with E-state index in [-0.39, 0.29) is 30.3 Å². The van der Waals surface area contributed by atoms with Gasteiger partial charge in [-0.1, -0.05) is 43.3 Å². The molecule has 1 aliphatic heterocycles. The number of rotatable bonds is 6. The molecule has 1 saturated heterocycles. The highest BCUT2D eigenvalue weighted by Gasteiger charge is 2.26. The molecule has 6 heteroatoms. The number of nitrogens with one attached hydrogen (secondary N) is 2. The van der Waals surface area contributed by atoms with Crippen molar-refractivity contribution in [2.75, 3.05) is 19.6 Å². The van der Waals surface area contributed by atoms with Gasteiger partial charge in [0.05, 0.1) is 12.6 Å². The van der Waals surface area contributed by atoms with E-state index in [1.807, 2.05) is 30.3 Å². The third kappa shape index (κ3) is 4.08. The van der Waals surface area contributed by atoms with Crippen LogP contribution in [0.2, 0.25) is 0 Å². The molecule has 2 N–H and O–H groups in total. The summed E-state index contributed by atoms with van der Waals surface area (Å²) in [6, 6.07) is 13.6. The third-order valence-corrected chi connectivity index (χ3v) is 4.52. The first-order valence-electron chi connectivity index (χ1n) is 8.74. The number of carbonyl (C=O) groups excluding carboxylic acids is 2. The van der Waals surface area contributed by atoms with Crippen LogP contribution in [0.25, 0.3) is 0 Å². The fourth-order valence-corrected chi connectivity index (χ4v) is 3.05. The van der Waals surface area contributed by atoms with E-state index in [0.717, 1.165) is 17.5 Å². The smallest absolute Gasteiger partial charge is 0.324 e. The second kappa shape index (κ2) is 8.10. The Morgan fingerprint density at radius 2 is 2.00 bits per heavy atom. The molecule has 3 amide bonds. The fourth-order valence-electron chi connectivity index (χ4n) is 3.05. The first-order valence-corrected chi connectivity index (χ1v) is 8.74. The van der Waals surface area contributed by atoms with Crippen LogP contribution in [0.1, 0.15) is 29.7 Å². The molecule has 1 aliphatic rings. The summed E-state index contributed by atoms with van der Waals surface area (Å²) in [5, 5.41) is 5.79. The fraction of sp³-hybridized carbons (Fsp3) is 0.300. The predicted octanol–water partition coefficient (Wildman–Crippen LogP) is 2.62. The van der Waals surface area contributed by atoms with E-state index in [1.165, 1.54) is 22.6 Å². The Morgan fingerprint density at radius 3 is 2.62 bits per heavy atom. The molecule has 5 nitrogen and oxygen atoms in total. The Hall–Kier alpha value is -2.73. The minimum absolute atomic E-state index is 0.00979. The Labute approximate surface area is 152 Å². The lowest BCUT2D eigenvalue weighted by Crippen LogP contribution is -2.41. The summed E-state index contributed by atoms with van der Waals surface area (Å²) < 4.78 is 13.7. The SMILES string of the molecule is CCc1ccc(C(NCC(=O)N2CCNC2=O)c2cccc(F)c2)cc1. The van der Waals surface area contributed by atoms with Crippen LogP contribution < -0.4 is 10.6 Å². The van der Waals surface area contributed by atoms with Gasteiger partial charge < -0.3 is 5.32 Å². The van der Waals surface area contributed by atoms with E-state index in [0.29, 0.717) is 13.1 Å². The predicted molar refractivity (Wildman–Crippen MR) is 97.2 cm³/mol. The van der Waals surface area contributed by atoms with Crippen molar-refractivity contribution >= 4 is 11.9 Å². The zero-order valence-corrected chi connectivity index (χ0v) is 14.7. The average molecular weight is 355 g/mol. The third-order valence-electron chi connectivity index (χ3n) is 4.52. The van der Waals surface area contributed by atoms with Crippen LogP contribution >= 0.6 is 0 Å². The van der Waals surface area contributed by atoms with Crippen molar-refractivity contribution < 1.29 is 14.0 Å². The van der Waals surface area contributed by atoms with E-state index in [1.54, 1.807) is 6.07 Å². The number of carbonyl (C=O) groups is 2. The van der Waals surface area contributed by atoms with E-state index < -0.39 is 0 Å². The summed E-state index contributed by atoms with van der Waals surface area (Å²) >= 11 is 0. The molecule has 2 aromatic carbocycles. The molecule has 2 aromatic rings. The van der Waals surface area contributed by atoms with Gasteiger partial charge >= 0.3 is 6.03 Å². The number of hydrogen-bond donors (Lipinski definition) is 2. The van der Waals surface area contributed by atoms with Crippen molar-refractivity contribution in [1.29, 1.82) is 0 Å². The van der Waals surface area contributed by atoms with Gasteiger partial charge in [0.15, 0.2) is 0 Å². The van der Waals surface area contributed by atoms with Crippen LogP contribution in [0.15, 0.2) is 48.5 Å². The molecule has 1 unspecified atom stereocenters. The van der Waals surface area contributed by atoms with E-state index >= 15 is 0 Å². The van der Waals surface area contributed by atoms with Crippen molar-refractivity contribution in [2.24, 2.45) is 0 Å². The number of imide groups is 1. The number of benzene rings is 2. The Bertz CT molecular complexity index is 792. The summed E-state index contributed by atoms with van der Waals surface area (Å²) in [7, 11) is 0. The monoisotopic (exact) mass is 355 g/mol. The number of hydrogen-bond acceptors (Lipinski definition) is 3. The largest absolute Gasteiger partial charge is 0.336 e. The lowest BCUT2D eigenvalue weighted by Gasteiger charge is -2.21. The maximum Gasteiger partial charge on any atom is 0.324 e. The summed E-state index contributed by atoms with van der Waals surface area (Å²) in [5.41, 5.74) is 2.87. The lowest BCUT2D eigenvalue weighted by molar-refractivity contribution is -0.126. The van der Waals surface area contributed by atoms with Gasteiger partial charge in [-0.2, -0.15) is 0 Å². The highest BCUT2D eigenvalue weighted by atomic mass is 19.1. The Kier molecular flexibility index (Phi) is 5.63. The van der Waals surface area contributed by atoms with E-state index in [9.17, 15) is 14.0 Å². The van der Waals surface area contributed by atoms with Crippen LogP contribution in [0.4, 0.5) is 9.18 Å². The number of urea groups is 1. The van der Waals surface area contributed by atoms with Crippen molar-refractivity contribution in [1.82, 2.24) is 15.5 Å². The van der Waals surface area contributed by atoms with E-state index in [4.69, 9.17) is 0 Å². The zero-order chi connectivity index (χ0) is 18.5. The lowest BCUT2D eigenvalue weighted by atomic mass is 9.97. The summed E-state index contributed by atoms with van der Waals surface area (Å²) in [4.78, 5) is 25.1. The van der Waals surface area contributed by atoms with Gasteiger partial charge in [0.1, 0.15) is 5.82 Å². The molecule has 1 fully saturated rings. The van der Waals surface area contributed by atoms with Gasteiger partial charge in [0.2, 0.25) is 5.91 Å². The van der Waals surface area contributed by atoms with Crippen molar-refractivity contribution in [3.8, 4) is 0 Å². The second-order valence-electron chi connectivity index (χ2n) is 6.24. The molecule has 0 spiro atoms. The van der Waals surface area contributed by atoms with Gasteiger partial charge in [-0.15, -0.1) is 0 Å². The molecule has 0 saturated carbocycles. The van der Waals surface area contributed by atoms with Gasteiger partial charge in [-0.05, 0) is 35.2 Å². The Morgan fingerprint density at radius 1 is 1.23 bits per heavy atom. The number of aryl methyl sites for hydroxylation is 1. The number of halogens is 1. The molecular formula is C20H22FN3O2. The normalized spacial score (nSPS) is 15.0. The van der Waals surface area contributed by atoms with Gasteiger partial charge in [0, 0.05) is 13.1 Å². The van der Waals surface area contributed by atoms with Gasteiger partial charge in [-0.3, -0.25) is 15.0 Å². The molecule has 0 bridgehead atoms. The maximum absolute atomic E-state index is 13.7. The molecule has 0 aliphatic carbocycles. The molecule has 0 aromatic heterocycles. The Balaban J connectivity index is 1.80. The van der Waals surface area contributed by atoms with Crippen LogP contribution in [-0.2, 0) is 11.2 Å². The van der Waals surface area contributed by atoms with Crippen molar-refractivity contribution in [3.63, 3.8) is 0 Å². The van der Waals surface area contributed by atoms with Crippen LogP contribution in [0.3, 0.4) is 0 Å². The summed E-state index contributed by atoms with van der Waals surface area (Å²) in [6.45, 7) is 2.91. The summed E-state index contributed by atoms with van der Waals surface area (Å²) in [5.74, 6) is -0.628. The van der Waals surface area contributed by atoms with Crippen molar-refractivity contribution in [2.45, 2.75) is 19.4 Å². The zero-order valence-electron chi connectivity index (χ0n) is 14.7. The molecule has 26 heavy (non-hydrogen) atoms. The molecule has 3 rings (SSSR count). The topological polar surface area (TPSA) is 61.4 Å². The van der Waals surface area contributed by atoms with Crippen LogP contribution in [-0.4, -0.2) is 36.5 Å². The average Bonchev–Trinajstić information content (AvgIpc) is 3.08. The van der Waals surface area contributed by atoms with Gasteiger partial charge in [0.25, 0.3) is 0 Å². The minimum atomic E-state index is -0.369. The number of nitrogens with zero attached hydrogens (tertiary/aromatic N) is 1. The first kappa shape index (κ1) is 18.1. The standard InChI is InChI=1S/C20H22FN3O2/c1-2-14-6-8-15(9-7-14)19(16-4-3-5-17(21)12-16)23-13-18(25)24-11-10-22-20(24)26/h3-9,12,19,23H,2,10-11,13H2,1H3,(H,22,26). The minimum Gasteiger partial charge on any atom is -0.336 e. The molecular weight excluding hydrogens is 333 g/mol. The molecule has 1 heterocycles. The first-order chi connectivity index (χ1) is 12.6.